The molecule has 0 atom stereocenters. The van der Waals surface area contributed by atoms with Gasteiger partial charge in [-0.05, 0) is 11.6 Å². The lowest BCUT2D eigenvalue weighted by molar-refractivity contribution is -0.387. The van der Waals surface area contributed by atoms with E-state index >= 15 is 0 Å². The first-order chi connectivity index (χ1) is 9.47. The van der Waals surface area contributed by atoms with Crippen LogP contribution >= 0.6 is 11.3 Å². The fraction of sp³-hybridized carbons (Fsp3) is 0.0909. The number of nitrogens with zero attached hydrogens (tertiary/aromatic N) is 2. The first kappa shape index (κ1) is 13.9. The lowest BCUT2D eigenvalue weighted by atomic mass is 10.2. The second kappa shape index (κ2) is 5.61. The van der Waals surface area contributed by atoms with Crippen molar-refractivity contribution in [2.24, 2.45) is 0 Å². The molecule has 1 N–H and O–H groups in total. The summed E-state index contributed by atoms with van der Waals surface area (Å²) in [6.45, 7) is 0.265. The van der Waals surface area contributed by atoms with Crippen LogP contribution < -0.4 is 5.32 Å². The molecule has 0 amide bonds. The molecule has 2 rings (SSSR count). The Bertz CT molecular complexity index is 673. The van der Waals surface area contributed by atoms with Gasteiger partial charge in [0, 0.05) is 35.8 Å². The topological polar surface area (TPSA) is 98.3 Å². The Morgan fingerprint density at radius 2 is 1.95 bits per heavy atom. The summed E-state index contributed by atoms with van der Waals surface area (Å²) in [6, 6.07) is 4.87. The van der Waals surface area contributed by atoms with Crippen LogP contribution in [0.25, 0.3) is 0 Å². The molecule has 1 aromatic carbocycles. The summed E-state index contributed by atoms with van der Waals surface area (Å²) in [4.78, 5) is 19.7. The van der Waals surface area contributed by atoms with Gasteiger partial charge in [0.1, 0.15) is 0 Å². The van der Waals surface area contributed by atoms with Crippen molar-refractivity contribution >= 4 is 27.7 Å². The zero-order valence-corrected chi connectivity index (χ0v) is 10.7. The molecule has 0 bridgehead atoms. The first-order valence-electron chi connectivity index (χ1n) is 5.37. The summed E-state index contributed by atoms with van der Waals surface area (Å²) in [5, 5.41) is 25.5. The van der Waals surface area contributed by atoms with Crippen LogP contribution in [0.15, 0.2) is 29.6 Å². The summed E-state index contributed by atoms with van der Waals surface area (Å²) in [7, 11) is 0. The maximum atomic E-state index is 13.4. The van der Waals surface area contributed by atoms with Gasteiger partial charge in [0.15, 0.2) is 0 Å². The SMILES string of the molecule is O=[N+]([O-])c1cc(CNc2ccc([N+](=O)[O-])c(F)c2)cs1. The molecular weight excluding hydrogens is 289 g/mol. The van der Waals surface area contributed by atoms with Crippen molar-refractivity contribution in [1.82, 2.24) is 0 Å². The van der Waals surface area contributed by atoms with Crippen LogP contribution in [0.3, 0.4) is 0 Å². The molecular formula is C11H8FN3O4S. The van der Waals surface area contributed by atoms with Gasteiger partial charge in [-0.25, -0.2) is 0 Å². The van der Waals surface area contributed by atoms with E-state index in [0.717, 1.165) is 23.5 Å². The van der Waals surface area contributed by atoms with E-state index in [9.17, 15) is 24.6 Å². The van der Waals surface area contributed by atoms with Gasteiger partial charge >= 0.3 is 10.7 Å². The number of halogens is 1. The van der Waals surface area contributed by atoms with E-state index in [2.05, 4.69) is 5.32 Å². The Hall–Kier alpha value is -2.55. The van der Waals surface area contributed by atoms with E-state index in [1.807, 2.05) is 0 Å². The molecule has 20 heavy (non-hydrogen) atoms. The average molecular weight is 297 g/mol. The summed E-state index contributed by atoms with van der Waals surface area (Å²) in [6.07, 6.45) is 0. The molecule has 0 aliphatic carbocycles. The number of hydrogen-bond acceptors (Lipinski definition) is 6. The number of rotatable bonds is 5. The minimum atomic E-state index is -0.934. The second-order valence-electron chi connectivity index (χ2n) is 3.83. The van der Waals surface area contributed by atoms with Crippen molar-refractivity contribution in [3.05, 3.63) is 61.3 Å². The van der Waals surface area contributed by atoms with E-state index in [-0.39, 0.29) is 11.5 Å². The third-order valence-corrected chi connectivity index (χ3v) is 3.39. The molecule has 1 heterocycles. The van der Waals surface area contributed by atoms with Crippen LogP contribution in [-0.4, -0.2) is 9.85 Å². The maximum Gasteiger partial charge on any atom is 0.324 e. The number of nitro benzene ring substituents is 1. The number of nitro groups is 2. The summed E-state index contributed by atoms with van der Waals surface area (Å²) < 4.78 is 13.4. The van der Waals surface area contributed by atoms with Gasteiger partial charge in [-0.3, -0.25) is 20.2 Å². The number of benzene rings is 1. The van der Waals surface area contributed by atoms with E-state index in [0.29, 0.717) is 11.3 Å². The predicted octanol–water partition coefficient (Wildman–Crippen LogP) is 3.32. The third-order valence-electron chi connectivity index (χ3n) is 2.46. The third kappa shape index (κ3) is 3.06. The van der Waals surface area contributed by atoms with Crippen LogP contribution in [0, 0.1) is 26.0 Å². The van der Waals surface area contributed by atoms with E-state index in [1.54, 1.807) is 5.38 Å². The summed E-state index contributed by atoms with van der Waals surface area (Å²) in [5.41, 5.74) is 0.448. The Balaban J connectivity index is 2.05. The molecule has 104 valence electrons. The molecule has 0 radical (unpaired) electrons. The van der Waals surface area contributed by atoms with Gasteiger partial charge in [-0.2, -0.15) is 4.39 Å². The number of anilines is 1. The minimum absolute atomic E-state index is 0.0247. The number of hydrogen-bond donors (Lipinski definition) is 1. The lowest BCUT2D eigenvalue weighted by Crippen LogP contribution is -2.00. The van der Waals surface area contributed by atoms with Gasteiger partial charge < -0.3 is 5.32 Å². The zero-order chi connectivity index (χ0) is 14.7. The van der Waals surface area contributed by atoms with E-state index in [4.69, 9.17) is 0 Å². The van der Waals surface area contributed by atoms with Crippen LogP contribution in [0.4, 0.5) is 20.8 Å². The van der Waals surface area contributed by atoms with Crippen LogP contribution in [0.2, 0.25) is 0 Å². The smallest absolute Gasteiger partial charge is 0.324 e. The summed E-state index contributed by atoms with van der Waals surface area (Å²) >= 11 is 1.000. The molecule has 9 heteroatoms. The van der Waals surface area contributed by atoms with Gasteiger partial charge in [-0.1, -0.05) is 11.3 Å². The predicted molar refractivity (Wildman–Crippen MR) is 71.4 cm³/mol. The van der Waals surface area contributed by atoms with E-state index in [1.165, 1.54) is 12.1 Å². The highest BCUT2D eigenvalue weighted by molar-refractivity contribution is 7.13. The number of thiophene rings is 1. The van der Waals surface area contributed by atoms with Gasteiger partial charge in [0.2, 0.25) is 5.82 Å². The quantitative estimate of drug-likeness (QED) is 0.674. The molecule has 0 spiro atoms. The molecule has 2 aromatic rings. The minimum Gasteiger partial charge on any atom is -0.381 e. The highest BCUT2D eigenvalue weighted by Crippen LogP contribution is 2.24. The molecule has 0 unspecified atom stereocenters. The molecule has 7 nitrogen and oxygen atoms in total. The highest BCUT2D eigenvalue weighted by Gasteiger charge is 2.14. The molecule has 0 saturated heterocycles. The zero-order valence-electron chi connectivity index (χ0n) is 9.91. The molecule has 1 aromatic heterocycles. The van der Waals surface area contributed by atoms with Crippen LogP contribution in [0.1, 0.15) is 5.56 Å². The van der Waals surface area contributed by atoms with Crippen molar-refractivity contribution in [2.75, 3.05) is 5.32 Å². The van der Waals surface area contributed by atoms with Gasteiger partial charge in [0.05, 0.1) is 9.85 Å². The summed E-state index contributed by atoms with van der Waals surface area (Å²) in [5.74, 6) is -0.934. The average Bonchev–Trinajstić information content (AvgIpc) is 2.85. The fourth-order valence-electron chi connectivity index (χ4n) is 1.52. The largest absolute Gasteiger partial charge is 0.381 e. The van der Waals surface area contributed by atoms with Gasteiger partial charge in [0.25, 0.3) is 0 Å². The van der Waals surface area contributed by atoms with E-state index < -0.39 is 21.4 Å². The Labute approximate surface area is 116 Å². The Kier molecular flexibility index (Phi) is 3.89. The fourth-order valence-corrected chi connectivity index (χ4v) is 2.25. The van der Waals surface area contributed by atoms with Crippen molar-refractivity contribution < 1.29 is 14.2 Å². The lowest BCUT2D eigenvalue weighted by Gasteiger charge is -2.04. The van der Waals surface area contributed by atoms with Crippen molar-refractivity contribution in [3.8, 4) is 0 Å². The molecule has 0 aliphatic heterocycles. The standard InChI is InChI=1S/C11H8FN3O4S/c12-9-4-8(1-2-10(9)14(16)17)13-5-7-3-11(15(18)19)20-6-7/h1-4,6,13H,5H2. The first-order valence-corrected chi connectivity index (χ1v) is 6.25. The van der Waals surface area contributed by atoms with Crippen molar-refractivity contribution in [1.29, 1.82) is 0 Å². The molecule has 0 fully saturated rings. The maximum absolute atomic E-state index is 13.4. The highest BCUT2D eigenvalue weighted by atomic mass is 32.1. The number of nitrogens with one attached hydrogen (secondary N) is 1. The van der Waals surface area contributed by atoms with Crippen LogP contribution in [-0.2, 0) is 6.54 Å². The normalized spacial score (nSPS) is 10.2. The van der Waals surface area contributed by atoms with Crippen molar-refractivity contribution in [2.45, 2.75) is 6.54 Å². The van der Waals surface area contributed by atoms with Gasteiger partial charge in [-0.15, -0.1) is 0 Å². The molecule has 0 saturated carbocycles. The second-order valence-corrected chi connectivity index (χ2v) is 4.72. The Morgan fingerprint density at radius 3 is 2.50 bits per heavy atom. The van der Waals surface area contributed by atoms with Crippen LogP contribution in [0.5, 0.6) is 0 Å². The monoisotopic (exact) mass is 297 g/mol. The van der Waals surface area contributed by atoms with Crippen molar-refractivity contribution in [3.63, 3.8) is 0 Å². The molecule has 0 aliphatic rings. The Morgan fingerprint density at radius 1 is 1.20 bits per heavy atom.